The molecule has 0 bridgehead atoms. The second-order valence-electron chi connectivity index (χ2n) is 4.63. The third-order valence-corrected chi connectivity index (χ3v) is 5.14. The van der Waals surface area contributed by atoms with E-state index in [1.807, 2.05) is 6.92 Å². The van der Waals surface area contributed by atoms with Crippen molar-refractivity contribution < 1.29 is 8.42 Å². The van der Waals surface area contributed by atoms with Crippen LogP contribution < -0.4 is 5.73 Å². The van der Waals surface area contributed by atoms with E-state index >= 15 is 0 Å². The maximum absolute atomic E-state index is 12.0. The molecule has 1 atom stereocenters. The number of nitrogens with two attached hydrogens (primary N) is 1. The maximum atomic E-state index is 12.0. The van der Waals surface area contributed by atoms with Gasteiger partial charge in [-0.15, -0.1) is 0 Å². The van der Waals surface area contributed by atoms with Crippen LogP contribution in [-0.2, 0) is 10.0 Å². The molecule has 4 nitrogen and oxygen atoms in total. The predicted molar refractivity (Wildman–Crippen MR) is 66.7 cm³/mol. The zero-order valence-electron chi connectivity index (χ0n) is 10.2. The van der Waals surface area contributed by atoms with Crippen LogP contribution in [0.25, 0.3) is 0 Å². The van der Waals surface area contributed by atoms with Crippen molar-refractivity contribution in [1.82, 2.24) is 4.31 Å². The van der Waals surface area contributed by atoms with Gasteiger partial charge in [0.05, 0.1) is 5.75 Å². The molecule has 0 aromatic carbocycles. The molecule has 1 rings (SSSR count). The largest absolute Gasteiger partial charge is 0.330 e. The summed E-state index contributed by atoms with van der Waals surface area (Å²) in [6.07, 6.45) is 4.82. The summed E-state index contributed by atoms with van der Waals surface area (Å²) in [7, 11) is -3.03. The zero-order chi connectivity index (χ0) is 12.0. The molecule has 16 heavy (non-hydrogen) atoms. The van der Waals surface area contributed by atoms with Crippen LogP contribution in [0.4, 0.5) is 0 Å². The summed E-state index contributed by atoms with van der Waals surface area (Å²) in [6, 6.07) is 0. The van der Waals surface area contributed by atoms with Crippen molar-refractivity contribution in [3.05, 3.63) is 0 Å². The first-order valence-electron chi connectivity index (χ1n) is 6.28. The van der Waals surface area contributed by atoms with Gasteiger partial charge in [-0.25, -0.2) is 12.7 Å². The molecule has 0 saturated carbocycles. The van der Waals surface area contributed by atoms with Gasteiger partial charge in [0.1, 0.15) is 0 Å². The van der Waals surface area contributed by atoms with Gasteiger partial charge >= 0.3 is 0 Å². The molecule has 1 aliphatic heterocycles. The number of rotatable bonds is 5. The summed E-state index contributed by atoms with van der Waals surface area (Å²) < 4.78 is 25.7. The van der Waals surface area contributed by atoms with Gasteiger partial charge in [-0.05, 0) is 31.7 Å². The minimum Gasteiger partial charge on any atom is -0.330 e. The van der Waals surface area contributed by atoms with Crippen molar-refractivity contribution in [2.75, 3.05) is 25.4 Å². The van der Waals surface area contributed by atoms with E-state index in [1.54, 1.807) is 4.31 Å². The molecule has 0 radical (unpaired) electrons. The summed E-state index contributed by atoms with van der Waals surface area (Å²) >= 11 is 0. The van der Waals surface area contributed by atoms with Gasteiger partial charge in [-0.1, -0.05) is 19.8 Å². The molecule has 0 aromatic rings. The molecule has 0 spiro atoms. The van der Waals surface area contributed by atoms with Gasteiger partial charge in [0.25, 0.3) is 0 Å². The van der Waals surface area contributed by atoms with Gasteiger partial charge in [-0.2, -0.15) is 0 Å². The van der Waals surface area contributed by atoms with Crippen molar-refractivity contribution in [3.63, 3.8) is 0 Å². The van der Waals surface area contributed by atoms with Crippen molar-refractivity contribution in [1.29, 1.82) is 0 Å². The Morgan fingerprint density at radius 2 is 2.12 bits per heavy atom. The predicted octanol–water partition coefficient (Wildman–Crippen LogP) is 1.18. The maximum Gasteiger partial charge on any atom is 0.214 e. The van der Waals surface area contributed by atoms with E-state index in [4.69, 9.17) is 5.73 Å². The van der Waals surface area contributed by atoms with Crippen LogP contribution in [0.1, 0.15) is 39.0 Å². The highest BCUT2D eigenvalue weighted by Crippen LogP contribution is 2.18. The van der Waals surface area contributed by atoms with Crippen LogP contribution in [0.5, 0.6) is 0 Å². The first kappa shape index (κ1) is 13.9. The number of nitrogens with zero attached hydrogens (tertiary/aromatic N) is 1. The van der Waals surface area contributed by atoms with Gasteiger partial charge in [-0.3, -0.25) is 0 Å². The Morgan fingerprint density at radius 3 is 2.75 bits per heavy atom. The highest BCUT2D eigenvalue weighted by molar-refractivity contribution is 7.89. The molecule has 0 aliphatic carbocycles. The lowest BCUT2D eigenvalue weighted by Gasteiger charge is -2.23. The van der Waals surface area contributed by atoms with E-state index in [0.29, 0.717) is 31.3 Å². The fourth-order valence-electron chi connectivity index (χ4n) is 2.09. The molecular formula is C11H24N2O2S. The molecule has 96 valence electrons. The standard InChI is InChI=1S/C11H24N2O2S/c1-2-3-8-16(14,15)13-7-5-4-6-11(9-12)10-13/h11H,2-10,12H2,1H3. The van der Waals surface area contributed by atoms with Crippen molar-refractivity contribution >= 4 is 10.0 Å². The van der Waals surface area contributed by atoms with Gasteiger partial charge in [0.2, 0.25) is 10.0 Å². The normalized spacial score (nSPS) is 24.2. The van der Waals surface area contributed by atoms with Crippen LogP contribution >= 0.6 is 0 Å². The lowest BCUT2D eigenvalue weighted by atomic mass is 10.0. The smallest absolute Gasteiger partial charge is 0.214 e. The second kappa shape index (κ2) is 6.57. The number of hydrogen-bond acceptors (Lipinski definition) is 3. The Hall–Kier alpha value is -0.130. The van der Waals surface area contributed by atoms with E-state index in [0.717, 1.165) is 32.1 Å². The molecule has 2 N–H and O–H groups in total. The minimum atomic E-state index is -3.03. The number of unbranched alkanes of at least 4 members (excludes halogenated alkanes) is 1. The third-order valence-electron chi connectivity index (χ3n) is 3.21. The lowest BCUT2D eigenvalue weighted by molar-refractivity contribution is 0.369. The first-order chi connectivity index (χ1) is 7.60. The Labute approximate surface area is 99.2 Å². The van der Waals surface area contributed by atoms with E-state index in [9.17, 15) is 8.42 Å². The van der Waals surface area contributed by atoms with Crippen molar-refractivity contribution in [3.8, 4) is 0 Å². The molecule has 1 aliphatic rings. The Morgan fingerprint density at radius 1 is 1.38 bits per heavy atom. The molecular weight excluding hydrogens is 224 g/mol. The highest BCUT2D eigenvalue weighted by atomic mass is 32.2. The Bertz CT molecular complexity index is 290. The monoisotopic (exact) mass is 248 g/mol. The molecule has 0 amide bonds. The van der Waals surface area contributed by atoms with E-state index in [1.165, 1.54) is 0 Å². The number of hydrogen-bond donors (Lipinski definition) is 1. The SMILES string of the molecule is CCCCS(=O)(=O)N1CCCCC(CN)C1. The van der Waals surface area contributed by atoms with E-state index in [-0.39, 0.29) is 0 Å². The summed E-state index contributed by atoms with van der Waals surface area (Å²) in [5, 5.41) is 0. The third kappa shape index (κ3) is 4.03. The van der Waals surface area contributed by atoms with Gasteiger partial charge in [0, 0.05) is 13.1 Å². The topological polar surface area (TPSA) is 63.4 Å². The summed E-state index contributed by atoms with van der Waals surface area (Å²) in [5.41, 5.74) is 5.66. The fourth-order valence-corrected chi connectivity index (χ4v) is 3.85. The zero-order valence-corrected chi connectivity index (χ0v) is 11.0. The van der Waals surface area contributed by atoms with E-state index < -0.39 is 10.0 Å². The number of sulfonamides is 1. The van der Waals surface area contributed by atoms with Crippen molar-refractivity contribution in [2.45, 2.75) is 39.0 Å². The van der Waals surface area contributed by atoms with Gasteiger partial charge < -0.3 is 5.73 Å². The molecule has 1 heterocycles. The minimum absolute atomic E-state index is 0.292. The summed E-state index contributed by atoms with van der Waals surface area (Å²) in [5.74, 6) is 0.639. The molecule has 0 aromatic heterocycles. The average Bonchev–Trinajstić information content (AvgIpc) is 2.52. The van der Waals surface area contributed by atoms with Crippen LogP contribution in [0.2, 0.25) is 0 Å². The molecule has 1 unspecified atom stereocenters. The van der Waals surface area contributed by atoms with Crippen LogP contribution in [0.15, 0.2) is 0 Å². The summed E-state index contributed by atoms with van der Waals surface area (Å²) in [4.78, 5) is 0. The molecule has 1 saturated heterocycles. The Balaban J connectivity index is 2.62. The molecule has 5 heteroatoms. The van der Waals surface area contributed by atoms with E-state index in [2.05, 4.69) is 0 Å². The highest BCUT2D eigenvalue weighted by Gasteiger charge is 2.26. The Kier molecular flexibility index (Phi) is 5.72. The fraction of sp³-hybridized carbons (Fsp3) is 1.00. The van der Waals surface area contributed by atoms with Crippen LogP contribution in [0, 0.1) is 5.92 Å². The van der Waals surface area contributed by atoms with Crippen molar-refractivity contribution in [2.24, 2.45) is 11.7 Å². The quantitative estimate of drug-likeness (QED) is 0.794. The summed E-state index contributed by atoms with van der Waals surface area (Å²) in [6.45, 7) is 3.92. The average molecular weight is 248 g/mol. The van der Waals surface area contributed by atoms with Crippen LogP contribution in [-0.4, -0.2) is 38.1 Å². The molecule has 1 fully saturated rings. The first-order valence-corrected chi connectivity index (χ1v) is 7.89. The van der Waals surface area contributed by atoms with Crippen LogP contribution in [0.3, 0.4) is 0 Å². The second-order valence-corrected chi connectivity index (χ2v) is 6.71. The van der Waals surface area contributed by atoms with Gasteiger partial charge in [0.15, 0.2) is 0 Å². The lowest BCUT2D eigenvalue weighted by Crippen LogP contribution is -2.37.